The van der Waals surface area contributed by atoms with Gasteiger partial charge in [-0.1, -0.05) is 30.7 Å². The molecule has 1 atom stereocenters. The van der Waals surface area contributed by atoms with Crippen LogP contribution in [0.4, 0.5) is 18.9 Å². The monoisotopic (exact) mass is 359 g/mol. The van der Waals surface area contributed by atoms with Crippen LogP contribution in [0.2, 0.25) is 5.02 Å². The molecule has 1 amide bonds. The maximum atomic E-state index is 12.9. The van der Waals surface area contributed by atoms with Crippen LogP contribution >= 0.6 is 11.6 Å². The van der Waals surface area contributed by atoms with Crippen molar-refractivity contribution in [3.8, 4) is 0 Å². The number of halogens is 4. The second kappa shape index (κ2) is 6.84. The fraction of sp³-hybridized carbons (Fsp3) is 0.375. The van der Waals surface area contributed by atoms with Crippen molar-refractivity contribution in [1.29, 1.82) is 0 Å². The van der Waals surface area contributed by atoms with Crippen LogP contribution in [-0.2, 0) is 17.4 Å². The number of alkyl halides is 3. The summed E-state index contributed by atoms with van der Waals surface area (Å²) in [5, 5.41) is 5.64. The first-order chi connectivity index (χ1) is 11.1. The fourth-order valence-corrected chi connectivity index (χ4v) is 2.47. The number of hydrogen-bond acceptors (Lipinski definition) is 2. The Kier molecular flexibility index (Phi) is 5.22. The molecule has 0 radical (unpaired) electrons. The zero-order valence-electron chi connectivity index (χ0n) is 13.4. The number of carbonyl (C=O) groups excluding carboxylic acids is 1. The van der Waals surface area contributed by atoms with E-state index in [2.05, 4.69) is 10.4 Å². The van der Waals surface area contributed by atoms with E-state index in [-0.39, 0.29) is 5.69 Å². The van der Waals surface area contributed by atoms with Gasteiger partial charge in [-0.25, -0.2) is 0 Å². The van der Waals surface area contributed by atoms with Crippen molar-refractivity contribution in [2.24, 2.45) is 0 Å². The molecule has 0 aliphatic heterocycles. The zero-order valence-corrected chi connectivity index (χ0v) is 14.2. The molecule has 8 heteroatoms. The summed E-state index contributed by atoms with van der Waals surface area (Å²) in [6.45, 7) is 4.87. The molecule has 2 aromatic rings. The highest BCUT2D eigenvalue weighted by Gasteiger charge is 2.39. The Morgan fingerprint density at radius 1 is 1.33 bits per heavy atom. The third-order valence-corrected chi connectivity index (χ3v) is 4.17. The number of nitrogens with one attached hydrogen (secondary N) is 1. The average molecular weight is 360 g/mol. The lowest BCUT2D eigenvalue weighted by atomic mass is 10.1. The molecule has 2 rings (SSSR count). The Balaban J connectivity index is 2.21. The topological polar surface area (TPSA) is 46.9 Å². The van der Waals surface area contributed by atoms with Gasteiger partial charge in [-0.05, 0) is 38.0 Å². The fourth-order valence-electron chi connectivity index (χ4n) is 2.24. The lowest BCUT2D eigenvalue weighted by Crippen LogP contribution is -2.25. The van der Waals surface area contributed by atoms with E-state index in [9.17, 15) is 18.0 Å². The van der Waals surface area contributed by atoms with Crippen LogP contribution in [0.1, 0.15) is 36.8 Å². The Bertz CT molecular complexity index is 738. The molecule has 0 saturated carbocycles. The van der Waals surface area contributed by atoms with Gasteiger partial charge in [-0.15, -0.1) is 0 Å². The predicted octanol–water partition coefficient (Wildman–Crippen LogP) is 4.63. The summed E-state index contributed by atoms with van der Waals surface area (Å²) in [7, 11) is 0. The molecular formula is C16H17ClF3N3O. The minimum absolute atomic E-state index is 0.0907. The average Bonchev–Trinajstić information content (AvgIpc) is 2.83. The zero-order chi connectivity index (χ0) is 18.1. The number of benzene rings is 1. The normalized spacial score (nSPS) is 13.0. The lowest BCUT2D eigenvalue weighted by molar-refractivity contribution is -0.141. The number of aryl methyl sites for hydroxylation is 1. The predicted molar refractivity (Wildman–Crippen MR) is 86.1 cm³/mol. The van der Waals surface area contributed by atoms with Gasteiger partial charge in [-0.2, -0.15) is 18.3 Å². The second-order valence-electron chi connectivity index (χ2n) is 5.41. The van der Waals surface area contributed by atoms with Gasteiger partial charge in [-0.3, -0.25) is 9.48 Å². The highest BCUT2D eigenvalue weighted by atomic mass is 35.5. The highest BCUT2D eigenvalue weighted by molar-refractivity contribution is 6.32. The Hall–Kier alpha value is -2.02. The highest BCUT2D eigenvalue weighted by Crippen LogP contribution is 2.36. The molecule has 1 unspecified atom stereocenters. The standard InChI is InChI=1S/C16H17ClF3N3O/c1-4-11-5-7-12(8-6-11)21-15(24)10(3)23-9(2)13(17)14(22-23)16(18,19)20/h5-8,10H,4H2,1-3H3,(H,21,24). The summed E-state index contributed by atoms with van der Waals surface area (Å²) >= 11 is 5.71. The van der Waals surface area contributed by atoms with Gasteiger partial charge < -0.3 is 5.32 Å². The molecule has 130 valence electrons. The number of nitrogens with zero attached hydrogens (tertiary/aromatic N) is 2. The molecule has 0 aliphatic carbocycles. The lowest BCUT2D eigenvalue weighted by Gasteiger charge is -2.14. The van der Waals surface area contributed by atoms with Gasteiger partial charge in [0.1, 0.15) is 6.04 Å². The van der Waals surface area contributed by atoms with Crippen LogP contribution in [-0.4, -0.2) is 15.7 Å². The van der Waals surface area contributed by atoms with Crippen LogP contribution in [0.3, 0.4) is 0 Å². The maximum absolute atomic E-state index is 12.9. The van der Waals surface area contributed by atoms with Gasteiger partial charge in [0.2, 0.25) is 5.91 Å². The third-order valence-electron chi connectivity index (χ3n) is 3.72. The number of aromatic nitrogens is 2. The van der Waals surface area contributed by atoms with E-state index in [0.717, 1.165) is 16.7 Å². The molecule has 1 heterocycles. The van der Waals surface area contributed by atoms with Crippen molar-refractivity contribution in [3.05, 3.63) is 46.2 Å². The molecule has 4 nitrogen and oxygen atoms in total. The van der Waals surface area contributed by atoms with E-state index < -0.39 is 28.8 Å². The summed E-state index contributed by atoms with van der Waals surface area (Å²) in [5.74, 6) is -0.477. The van der Waals surface area contributed by atoms with Gasteiger partial charge in [0.15, 0.2) is 5.69 Å². The molecule has 0 saturated heterocycles. The van der Waals surface area contributed by atoms with Crippen LogP contribution in [0, 0.1) is 6.92 Å². The van der Waals surface area contributed by atoms with Crippen molar-refractivity contribution in [1.82, 2.24) is 9.78 Å². The van der Waals surface area contributed by atoms with E-state index in [1.165, 1.54) is 13.8 Å². The van der Waals surface area contributed by atoms with Crippen LogP contribution in [0.5, 0.6) is 0 Å². The van der Waals surface area contributed by atoms with Crippen molar-refractivity contribution < 1.29 is 18.0 Å². The molecule has 1 N–H and O–H groups in total. The minimum Gasteiger partial charge on any atom is -0.324 e. The van der Waals surface area contributed by atoms with Gasteiger partial charge in [0, 0.05) is 5.69 Å². The molecule has 1 aromatic carbocycles. The molecule has 0 bridgehead atoms. The summed E-state index contributed by atoms with van der Waals surface area (Å²) < 4.78 is 39.6. The SMILES string of the molecule is CCc1ccc(NC(=O)C(C)n2nc(C(F)(F)F)c(Cl)c2C)cc1. The number of hydrogen-bond donors (Lipinski definition) is 1. The van der Waals surface area contributed by atoms with Crippen molar-refractivity contribution in [3.63, 3.8) is 0 Å². The second-order valence-corrected chi connectivity index (χ2v) is 5.78. The maximum Gasteiger partial charge on any atom is 0.436 e. The van der Waals surface area contributed by atoms with E-state index in [1.807, 2.05) is 19.1 Å². The number of carbonyl (C=O) groups is 1. The number of rotatable bonds is 4. The number of amides is 1. The Morgan fingerprint density at radius 3 is 2.38 bits per heavy atom. The Morgan fingerprint density at radius 2 is 1.92 bits per heavy atom. The number of anilines is 1. The van der Waals surface area contributed by atoms with Crippen molar-refractivity contribution in [2.75, 3.05) is 5.32 Å². The quantitative estimate of drug-likeness (QED) is 0.865. The van der Waals surface area contributed by atoms with E-state index >= 15 is 0 Å². The molecule has 0 fully saturated rings. The van der Waals surface area contributed by atoms with Crippen LogP contribution in [0.15, 0.2) is 24.3 Å². The largest absolute Gasteiger partial charge is 0.436 e. The molecule has 0 aliphatic rings. The first-order valence-electron chi connectivity index (χ1n) is 7.36. The summed E-state index contributed by atoms with van der Waals surface area (Å²) in [5.41, 5.74) is 0.586. The molecular weight excluding hydrogens is 343 g/mol. The van der Waals surface area contributed by atoms with Gasteiger partial charge in [0.25, 0.3) is 0 Å². The smallest absolute Gasteiger partial charge is 0.324 e. The van der Waals surface area contributed by atoms with E-state index in [1.54, 1.807) is 12.1 Å². The van der Waals surface area contributed by atoms with E-state index in [0.29, 0.717) is 5.69 Å². The van der Waals surface area contributed by atoms with Crippen LogP contribution < -0.4 is 5.32 Å². The summed E-state index contributed by atoms with van der Waals surface area (Å²) in [6.07, 6.45) is -3.80. The first-order valence-corrected chi connectivity index (χ1v) is 7.74. The Labute approximate surface area is 142 Å². The van der Waals surface area contributed by atoms with Gasteiger partial charge in [0.05, 0.1) is 10.7 Å². The molecule has 24 heavy (non-hydrogen) atoms. The van der Waals surface area contributed by atoms with Gasteiger partial charge >= 0.3 is 6.18 Å². The minimum atomic E-state index is -4.67. The molecule has 0 spiro atoms. The van der Waals surface area contributed by atoms with Crippen molar-refractivity contribution >= 4 is 23.2 Å². The van der Waals surface area contributed by atoms with Crippen molar-refractivity contribution in [2.45, 2.75) is 39.4 Å². The first kappa shape index (κ1) is 18.3. The summed E-state index contributed by atoms with van der Waals surface area (Å²) in [6, 6.07) is 6.29. The summed E-state index contributed by atoms with van der Waals surface area (Å²) in [4.78, 5) is 12.3. The molecule has 1 aromatic heterocycles. The van der Waals surface area contributed by atoms with Crippen LogP contribution in [0.25, 0.3) is 0 Å². The third kappa shape index (κ3) is 3.72. The van der Waals surface area contributed by atoms with E-state index in [4.69, 9.17) is 11.6 Å².